The second-order valence-electron chi connectivity index (χ2n) is 9.06. The van der Waals surface area contributed by atoms with Crippen molar-refractivity contribution in [2.24, 2.45) is 5.92 Å². The van der Waals surface area contributed by atoms with Crippen LogP contribution in [0.4, 0.5) is 0 Å². The summed E-state index contributed by atoms with van der Waals surface area (Å²) in [5.74, 6) is 1.36. The summed E-state index contributed by atoms with van der Waals surface area (Å²) >= 11 is 6.26. The van der Waals surface area contributed by atoms with Crippen molar-refractivity contribution < 1.29 is 4.79 Å². The second-order valence-corrected chi connectivity index (χ2v) is 9.50. The number of amides is 1. The van der Waals surface area contributed by atoms with Crippen molar-refractivity contribution in [1.82, 2.24) is 14.5 Å². The number of rotatable bonds is 8. The molecule has 1 atom stereocenters. The molecule has 1 unspecified atom stereocenters. The third kappa shape index (κ3) is 5.14. The molecule has 4 rings (SSSR count). The molecular formula is C27H32ClN3O2. The summed E-state index contributed by atoms with van der Waals surface area (Å²) < 4.78 is 1.62. The van der Waals surface area contributed by atoms with Crippen molar-refractivity contribution >= 4 is 28.4 Å². The number of carbonyl (C=O) groups is 1. The molecule has 3 aromatic rings. The van der Waals surface area contributed by atoms with E-state index in [1.165, 1.54) is 25.7 Å². The van der Waals surface area contributed by atoms with Crippen LogP contribution in [0, 0.1) is 5.92 Å². The summed E-state index contributed by atoms with van der Waals surface area (Å²) in [6, 6.07) is 14.2. The Hall–Kier alpha value is -2.66. The highest BCUT2D eigenvalue weighted by Crippen LogP contribution is 2.30. The van der Waals surface area contributed by atoms with Gasteiger partial charge in [-0.25, -0.2) is 4.98 Å². The van der Waals surface area contributed by atoms with Gasteiger partial charge in [-0.1, -0.05) is 62.4 Å². The predicted molar refractivity (Wildman–Crippen MR) is 134 cm³/mol. The fourth-order valence-corrected chi connectivity index (χ4v) is 5.16. The monoisotopic (exact) mass is 465 g/mol. The maximum atomic E-state index is 13.6. The lowest BCUT2D eigenvalue weighted by Gasteiger charge is -2.31. The Labute approximate surface area is 200 Å². The van der Waals surface area contributed by atoms with E-state index in [1.807, 2.05) is 42.2 Å². The molecule has 0 aliphatic heterocycles. The summed E-state index contributed by atoms with van der Waals surface area (Å²) in [6.07, 6.45) is 7.35. The van der Waals surface area contributed by atoms with Crippen LogP contribution in [0.25, 0.3) is 16.6 Å². The molecule has 1 heterocycles. The van der Waals surface area contributed by atoms with Crippen molar-refractivity contribution in [1.29, 1.82) is 0 Å². The molecule has 0 N–H and O–H groups in total. The second kappa shape index (κ2) is 10.5. The first-order valence-electron chi connectivity index (χ1n) is 12.1. The Morgan fingerprint density at radius 2 is 1.94 bits per heavy atom. The van der Waals surface area contributed by atoms with Crippen LogP contribution in [0.1, 0.15) is 70.7 Å². The minimum atomic E-state index is -0.350. The number of para-hydroxylation sites is 1. The maximum Gasteiger partial charge on any atom is 0.266 e. The van der Waals surface area contributed by atoms with E-state index in [0.29, 0.717) is 46.3 Å². The zero-order valence-corrected chi connectivity index (χ0v) is 20.2. The zero-order chi connectivity index (χ0) is 23.4. The van der Waals surface area contributed by atoms with Gasteiger partial charge in [-0.2, -0.15) is 0 Å². The Morgan fingerprint density at radius 3 is 2.67 bits per heavy atom. The van der Waals surface area contributed by atoms with Crippen LogP contribution in [0.2, 0.25) is 5.02 Å². The molecule has 5 nitrogen and oxygen atoms in total. The van der Waals surface area contributed by atoms with E-state index in [9.17, 15) is 9.59 Å². The number of carbonyl (C=O) groups excluding carboxylic acids is 1. The molecule has 0 spiro atoms. The van der Waals surface area contributed by atoms with Crippen molar-refractivity contribution in [3.63, 3.8) is 0 Å². The van der Waals surface area contributed by atoms with Gasteiger partial charge < -0.3 is 4.90 Å². The fraction of sp³-hybridized carbons (Fsp3) is 0.444. The van der Waals surface area contributed by atoms with Crippen LogP contribution in [0.15, 0.2) is 53.3 Å². The molecule has 1 aliphatic carbocycles. The average Bonchev–Trinajstić information content (AvgIpc) is 3.34. The summed E-state index contributed by atoms with van der Waals surface area (Å²) in [5, 5.41) is 1.09. The zero-order valence-electron chi connectivity index (χ0n) is 19.5. The number of nitrogens with zero attached hydrogens (tertiary/aromatic N) is 3. The predicted octanol–water partition coefficient (Wildman–Crippen LogP) is 6.31. The van der Waals surface area contributed by atoms with Gasteiger partial charge in [0.2, 0.25) is 5.91 Å². The van der Waals surface area contributed by atoms with Crippen LogP contribution in [-0.2, 0) is 4.79 Å². The number of fused-ring (bicyclic) bond motifs is 1. The van der Waals surface area contributed by atoms with Gasteiger partial charge in [0, 0.05) is 18.0 Å². The minimum absolute atomic E-state index is 0.135. The third-order valence-electron chi connectivity index (χ3n) is 6.74. The maximum absolute atomic E-state index is 13.6. The highest BCUT2D eigenvalue weighted by Gasteiger charge is 2.27. The summed E-state index contributed by atoms with van der Waals surface area (Å²) in [4.78, 5) is 33.7. The molecule has 2 aromatic carbocycles. The topological polar surface area (TPSA) is 55.2 Å². The van der Waals surface area contributed by atoms with Gasteiger partial charge in [0.15, 0.2) is 0 Å². The average molecular weight is 466 g/mol. The Balaban J connectivity index is 1.76. The van der Waals surface area contributed by atoms with E-state index in [1.54, 1.807) is 22.8 Å². The highest BCUT2D eigenvalue weighted by atomic mass is 35.5. The molecule has 1 aliphatic rings. The normalized spacial score (nSPS) is 15.1. The lowest BCUT2D eigenvalue weighted by atomic mass is 10.0. The Morgan fingerprint density at radius 1 is 1.18 bits per heavy atom. The van der Waals surface area contributed by atoms with Crippen molar-refractivity contribution in [3.8, 4) is 5.69 Å². The largest absolute Gasteiger partial charge is 0.333 e. The van der Waals surface area contributed by atoms with Crippen LogP contribution in [-0.4, -0.2) is 26.9 Å². The summed E-state index contributed by atoms with van der Waals surface area (Å²) in [5.41, 5.74) is 1.14. The SMILES string of the molecule is CCCN(C(=O)CCC1CCCC1)C(C)c1nc2ccccc2c(=O)n1-c1cccc(Cl)c1. The number of aromatic nitrogens is 2. The molecule has 1 amide bonds. The first-order chi connectivity index (χ1) is 16.0. The molecule has 0 saturated heterocycles. The van der Waals surface area contributed by atoms with E-state index in [4.69, 9.17) is 16.6 Å². The standard InChI is InChI=1S/C27H32ClN3O2/c1-3-17-30(25(32)16-15-20-9-4-5-10-20)19(2)26-29-24-14-7-6-13-23(24)27(33)31(26)22-12-8-11-21(28)18-22/h6-8,11-14,18-20H,3-5,9-10,15-17H2,1-2H3. The molecule has 174 valence electrons. The molecule has 6 heteroatoms. The smallest absolute Gasteiger partial charge is 0.266 e. The molecule has 1 fully saturated rings. The molecule has 0 bridgehead atoms. The van der Waals surface area contributed by atoms with E-state index < -0.39 is 0 Å². The first-order valence-corrected chi connectivity index (χ1v) is 12.4. The van der Waals surface area contributed by atoms with Crippen LogP contribution in [0.3, 0.4) is 0 Å². The first kappa shape index (κ1) is 23.5. The Kier molecular flexibility index (Phi) is 7.49. The van der Waals surface area contributed by atoms with Crippen LogP contribution >= 0.6 is 11.6 Å². The van der Waals surface area contributed by atoms with E-state index in [0.717, 1.165) is 12.8 Å². The molecule has 1 aromatic heterocycles. The lowest BCUT2D eigenvalue weighted by molar-refractivity contribution is -0.134. The molecule has 33 heavy (non-hydrogen) atoms. The number of hydrogen-bond donors (Lipinski definition) is 0. The van der Waals surface area contributed by atoms with E-state index in [2.05, 4.69) is 6.92 Å². The van der Waals surface area contributed by atoms with Crippen molar-refractivity contribution in [3.05, 3.63) is 69.7 Å². The van der Waals surface area contributed by atoms with Crippen molar-refractivity contribution in [2.75, 3.05) is 6.54 Å². The van der Waals surface area contributed by atoms with Gasteiger partial charge in [-0.05, 0) is 56.0 Å². The van der Waals surface area contributed by atoms with Gasteiger partial charge in [0.05, 0.1) is 22.6 Å². The minimum Gasteiger partial charge on any atom is -0.333 e. The summed E-state index contributed by atoms with van der Waals surface area (Å²) in [7, 11) is 0. The number of halogens is 1. The van der Waals surface area contributed by atoms with Gasteiger partial charge in [0.25, 0.3) is 5.56 Å². The van der Waals surface area contributed by atoms with Crippen LogP contribution < -0.4 is 5.56 Å². The quantitative estimate of drug-likeness (QED) is 0.391. The lowest BCUT2D eigenvalue weighted by Crippen LogP contribution is -2.38. The molecule has 1 saturated carbocycles. The summed E-state index contributed by atoms with van der Waals surface area (Å²) in [6.45, 7) is 4.67. The highest BCUT2D eigenvalue weighted by molar-refractivity contribution is 6.30. The molecule has 0 radical (unpaired) electrons. The van der Waals surface area contributed by atoms with E-state index in [-0.39, 0.29) is 17.5 Å². The van der Waals surface area contributed by atoms with Crippen LogP contribution in [0.5, 0.6) is 0 Å². The molecular weight excluding hydrogens is 434 g/mol. The van der Waals surface area contributed by atoms with Crippen molar-refractivity contribution in [2.45, 2.75) is 64.8 Å². The van der Waals surface area contributed by atoms with Gasteiger partial charge in [-0.3, -0.25) is 14.2 Å². The third-order valence-corrected chi connectivity index (χ3v) is 6.97. The number of benzene rings is 2. The fourth-order valence-electron chi connectivity index (χ4n) is 4.98. The number of hydrogen-bond acceptors (Lipinski definition) is 3. The van der Waals surface area contributed by atoms with Gasteiger partial charge in [0.1, 0.15) is 5.82 Å². The van der Waals surface area contributed by atoms with Gasteiger partial charge >= 0.3 is 0 Å². The Bertz CT molecular complexity index is 1180. The van der Waals surface area contributed by atoms with Gasteiger partial charge in [-0.15, -0.1) is 0 Å². The van der Waals surface area contributed by atoms with E-state index >= 15 is 0 Å².